The van der Waals surface area contributed by atoms with E-state index in [1.807, 2.05) is 0 Å². The first-order valence-corrected chi connectivity index (χ1v) is 6.38. The average Bonchev–Trinajstić information content (AvgIpc) is 2.70. The molecular formula is C12H14BrF2NO. The van der Waals surface area contributed by atoms with Crippen LogP contribution in [0.4, 0.5) is 8.78 Å². The highest BCUT2D eigenvalue weighted by Gasteiger charge is 2.25. The maximum Gasteiger partial charge on any atom is 0.145 e. The van der Waals surface area contributed by atoms with E-state index in [4.69, 9.17) is 10.5 Å². The van der Waals surface area contributed by atoms with E-state index in [1.54, 1.807) is 0 Å². The van der Waals surface area contributed by atoms with Gasteiger partial charge in [-0.1, -0.05) is 0 Å². The number of ether oxygens (including phenoxy) is 1. The molecule has 17 heavy (non-hydrogen) atoms. The minimum absolute atomic E-state index is 0.0201. The third-order valence-corrected chi connectivity index (χ3v) is 3.70. The normalized spacial score (nSPS) is 24.2. The minimum atomic E-state index is -0.600. The number of hydrogen-bond acceptors (Lipinski definition) is 2. The molecule has 2 N–H and O–H groups in total. The maximum absolute atomic E-state index is 13.6. The Hall–Kier alpha value is -0.520. The number of hydrogen-bond donors (Lipinski definition) is 1. The standard InChI is InChI=1S/C12H14BrF2NO/c13-8-4-5-9(14)7(12(8)15)6-17-11-3-1-2-10(11)16/h4-5,10-11H,1-3,6,16H2. The van der Waals surface area contributed by atoms with Crippen molar-refractivity contribution < 1.29 is 13.5 Å². The second-order valence-corrected chi connectivity index (χ2v) is 5.12. The summed E-state index contributed by atoms with van der Waals surface area (Å²) < 4.78 is 32.8. The molecule has 0 amide bonds. The lowest BCUT2D eigenvalue weighted by atomic mass is 10.2. The average molecular weight is 306 g/mol. The van der Waals surface area contributed by atoms with Crippen molar-refractivity contribution in [2.24, 2.45) is 5.73 Å². The van der Waals surface area contributed by atoms with E-state index in [2.05, 4.69) is 15.9 Å². The molecule has 1 saturated carbocycles. The van der Waals surface area contributed by atoms with Crippen LogP contribution in [0.15, 0.2) is 16.6 Å². The Morgan fingerprint density at radius 3 is 2.76 bits per heavy atom. The molecule has 2 rings (SSSR count). The molecule has 0 bridgehead atoms. The Labute approximate surface area is 107 Å². The molecule has 0 heterocycles. The number of benzene rings is 1. The summed E-state index contributed by atoms with van der Waals surface area (Å²) in [5.41, 5.74) is 5.78. The van der Waals surface area contributed by atoms with Crippen LogP contribution in [0.2, 0.25) is 0 Å². The van der Waals surface area contributed by atoms with Crippen molar-refractivity contribution in [3.05, 3.63) is 33.8 Å². The molecule has 2 atom stereocenters. The summed E-state index contributed by atoms with van der Waals surface area (Å²) >= 11 is 3.02. The molecule has 94 valence electrons. The quantitative estimate of drug-likeness (QED) is 0.871. The van der Waals surface area contributed by atoms with Crippen molar-refractivity contribution >= 4 is 15.9 Å². The molecule has 2 unspecified atom stereocenters. The fourth-order valence-electron chi connectivity index (χ4n) is 2.05. The summed E-state index contributed by atoms with van der Waals surface area (Å²) in [6.07, 6.45) is 2.69. The molecule has 1 aliphatic rings. The van der Waals surface area contributed by atoms with Gasteiger partial charge in [0.1, 0.15) is 11.6 Å². The number of halogens is 3. The van der Waals surface area contributed by atoms with Crippen LogP contribution in [0.1, 0.15) is 24.8 Å². The third kappa shape index (κ3) is 2.84. The maximum atomic E-state index is 13.6. The molecule has 1 aliphatic carbocycles. The SMILES string of the molecule is NC1CCCC1OCc1c(F)ccc(Br)c1F. The monoisotopic (exact) mass is 305 g/mol. The molecule has 0 aliphatic heterocycles. The van der Waals surface area contributed by atoms with Gasteiger partial charge in [0.15, 0.2) is 0 Å². The van der Waals surface area contributed by atoms with Crippen molar-refractivity contribution in [2.75, 3.05) is 0 Å². The molecule has 0 saturated heterocycles. The van der Waals surface area contributed by atoms with Crippen LogP contribution in [0, 0.1) is 11.6 Å². The van der Waals surface area contributed by atoms with Gasteiger partial charge in [0.2, 0.25) is 0 Å². The summed E-state index contributed by atoms with van der Waals surface area (Å²) in [6.45, 7) is -0.0739. The van der Waals surface area contributed by atoms with Crippen LogP contribution in [0.5, 0.6) is 0 Å². The van der Waals surface area contributed by atoms with Crippen molar-refractivity contribution in [3.63, 3.8) is 0 Å². The van der Waals surface area contributed by atoms with Crippen LogP contribution in [-0.2, 0) is 11.3 Å². The van der Waals surface area contributed by atoms with Gasteiger partial charge in [0.25, 0.3) is 0 Å². The lowest BCUT2D eigenvalue weighted by Gasteiger charge is -2.17. The second-order valence-electron chi connectivity index (χ2n) is 4.27. The van der Waals surface area contributed by atoms with E-state index < -0.39 is 11.6 Å². The fourth-order valence-corrected chi connectivity index (χ4v) is 2.42. The predicted molar refractivity (Wildman–Crippen MR) is 64.5 cm³/mol. The molecule has 1 aromatic rings. The summed E-state index contributed by atoms with van der Waals surface area (Å²) in [5, 5.41) is 0. The highest BCUT2D eigenvalue weighted by atomic mass is 79.9. The Morgan fingerprint density at radius 2 is 2.12 bits per heavy atom. The van der Waals surface area contributed by atoms with Crippen LogP contribution in [-0.4, -0.2) is 12.1 Å². The highest BCUT2D eigenvalue weighted by molar-refractivity contribution is 9.10. The fraction of sp³-hybridized carbons (Fsp3) is 0.500. The van der Waals surface area contributed by atoms with Gasteiger partial charge in [-0.25, -0.2) is 8.78 Å². The zero-order chi connectivity index (χ0) is 12.4. The number of nitrogens with two attached hydrogens (primary N) is 1. The minimum Gasteiger partial charge on any atom is -0.372 e. The zero-order valence-electron chi connectivity index (χ0n) is 9.26. The van der Waals surface area contributed by atoms with E-state index in [0.29, 0.717) is 0 Å². The van der Waals surface area contributed by atoms with Gasteiger partial charge in [-0.2, -0.15) is 0 Å². The Bertz CT molecular complexity index is 414. The molecule has 0 spiro atoms. The zero-order valence-corrected chi connectivity index (χ0v) is 10.8. The molecule has 0 radical (unpaired) electrons. The van der Waals surface area contributed by atoms with Crippen molar-refractivity contribution in [1.82, 2.24) is 0 Å². The number of rotatable bonds is 3. The third-order valence-electron chi connectivity index (χ3n) is 3.08. The molecular weight excluding hydrogens is 292 g/mol. The first-order valence-electron chi connectivity index (χ1n) is 5.59. The van der Waals surface area contributed by atoms with Crippen molar-refractivity contribution in [2.45, 2.75) is 38.0 Å². The van der Waals surface area contributed by atoms with Gasteiger partial charge in [0, 0.05) is 6.04 Å². The molecule has 2 nitrogen and oxygen atoms in total. The Morgan fingerprint density at radius 1 is 1.35 bits per heavy atom. The predicted octanol–water partition coefficient (Wildman–Crippen LogP) is 3.12. The van der Waals surface area contributed by atoms with E-state index in [-0.39, 0.29) is 28.8 Å². The first kappa shape index (κ1) is 12.9. The summed E-state index contributed by atoms with van der Waals surface area (Å²) in [7, 11) is 0. The van der Waals surface area contributed by atoms with Gasteiger partial charge < -0.3 is 10.5 Å². The van der Waals surface area contributed by atoms with Gasteiger partial charge in [-0.15, -0.1) is 0 Å². The van der Waals surface area contributed by atoms with E-state index in [1.165, 1.54) is 12.1 Å². The largest absolute Gasteiger partial charge is 0.372 e. The lowest BCUT2D eigenvalue weighted by molar-refractivity contribution is 0.0326. The molecule has 1 fully saturated rings. The van der Waals surface area contributed by atoms with Crippen LogP contribution >= 0.6 is 15.9 Å². The van der Waals surface area contributed by atoms with E-state index in [0.717, 1.165) is 19.3 Å². The van der Waals surface area contributed by atoms with Gasteiger partial charge in [-0.3, -0.25) is 0 Å². The van der Waals surface area contributed by atoms with Crippen LogP contribution < -0.4 is 5.73 Å². The topological polar surface area (TPSA) is 35.2 Å². The Kier molecular flexibility index (Phi) is 4.12. The van der Waals surface area contributed by atoms with Crippen LogP contribution in [0.3, 0.4) is 0 Å². The lowest BCUT2D eigenvalue weighted by Crippen LogP contribution is -2.31. The Balaban J connectivity index is 2.06. The van der Waals surface area contributed by atoms with Gasteiger partial charge in [-0.05, 0) is 47.3 Å². The smallest absolute Gasteiger partial charge is 0.145 e. The van der Waals surface area contributed by atoms with Crippen LogP contribution in [0.25, 0.3) is 0 Å². The van der Waals surface area contributed by atoms with Crippen molar-refractivity contribution in [3.8, 4) is 0 Å². The summed E-state index contributed by atoms with van der Waals surface area (Å²) in [5.74, 6) is -1.19. The summed E-state index contributed by atoms with van der Waals surface area (Å²) in [4.78, 5) is 0. The van der Waals surface area contributed by atoms with E-state index >= 15 is 0 Å². The second kappa shape index (κ2) is 5.42. The summed E-state index contributed by atoms with van der Waals surface area (Å²) in [6, 6.07) is 2.55. The highest BCUT2D eigenvalue weighted by Crippen LogP contribution is 2.25. The van der Waals surface area contributed by atoms with Crippen molar-refractivity contribution in [1.29, 1.82) is 0 Å². The molecule has 5 heteroatoms. The molecule has 1 aromatic carbocycles. The van der Waals surface area contributed by atoms with E-state index in [9.17, 15) is 8.78 Å². The first-order chi connectivity index (χ1) is 8.09. The van der Waals surface area contributed by atoms with Gasteiger partial charge in [0.05, 0.1) is 22.7 Å². The van der Waals surface area contributed by atoms with Gasteiger partial charge >= 0.3 is 0 Å². The molecule has 0 aromatic heterocycles.